The second-order valence-corrected chi connectivity index (χ2v) is 7.14. The van der Waals surface area contributed by atoms with Gasteiger partial charge in [0.2, 0.25) is 0 Å². The number of hydrogen-bond acceptors (Lipinski definition) is 1. The van der Waals surface area contributed by atoms with Crippen molar-refractivity contribution in [2.75, 3.05) is 7.11 Å². The lowest BCUT2D eigenvalue weighted by atomic mass is 9.74. The molecule has 4 aromatic rings. The fraction of sp³-hybridized carbons (Fsp3) is 0.241. The van der Waals surface area contributed by atoms with Gasteiger partial charge >= 0.3 is 0 Å². The number of fused-ring (bicyclic) bond motifs is 4. The minimum Gasteiger partial charge on any atom is -0.497 e. The molecule has 0 bridgehead atoms. The summed E-state index contributed by atoms with van der Waals surface area (Å²) in [6.07, 6.45) is 0. The molecule has 0 aliphatic heterocycles. The summed E-state index contributed by atoms with van der Waals surface area (Å²) < 4.78 is 5.37. The number of hydrogen-bond donors (Lipinski definition) is 0. The van der Waals surface area contributed by atoms with Gasteiger partial charge in [-0.25, -0.2) is 0 Å². The molecule has 0 saturated carbocycles. The molecular formula is C29H32O. The zero-order valence-corrected chi connectivity index (χ0v) is 19.0. The summed E-state index contributed by atoms with van der Waals surface area (Å²) in [4.78, 5) is 0. The van der Waals surface area contributed by atoms with Gasteiger partial charge in [-0.3, -0.25) is 0 Å². The van der Waals surface area contributed by atoms with Crippen LogP contribution in [0.2, 0.25) is 0 Å². The van der Waals surface area contributed by atoms with Crippen LogP contribution >= 0.6 is 0 Å². The van der Waals surface area contributed by atoms with Crippen molar-refractivity contribution in [1.29, 1.82) is 0 Å². The van der Waals surface area contributed by atoms with Crippen molar-refractivity contribution in [3.63, 3.8) is 0 Å². The van der Waals surface area contributed by atoms with Crippen molar-refractivity contribution >= 4 is 10.8 Å². The molecule has 0 aromatic heterocycles. The van der Waals surface area contributed by atoms with Crippen molar-refractivity contribution < 1.29 is 4.74 Å². The highest BCUT2D eigenvalue weighted by molar-refractivity contribution is 5.88. The highest BCUT2D eigenvalue weighted by atomic mass is 16.5. The lowest BCUT2D eigenvalue weighted by molar-refractivity contribution is 0.415. The fourth-order valence-electron chi connectivity index (χ4n) is 4.43. The first kappa shape index (κ1) is 21.6. The summed E-state index contributed by atoms with van der Waals surface area (Å²) in [6, 6.07) is 30.7. The number of rotatable bonds is 2. The van der Waals surface area contributed by atoms with Gasteiger partial charge in [0, 0.05) is 5.41 Å². The standard InChI is InChI=1S/C25H20O.2C2H6/c1-25(19-13-11-18-16-20(26-2)14-12-17(18)15-19)23-9-5-3-7-21(23)22-8-4-6-10-24(22)25;2*1-2/h3-16H,1-2H3;2*1-2H3. The molecule has 1 aliphatic carbocycles. The molecule has 5 rings (SSSR count). The predicted octanol–water partition coefficient (Wildman–Crippen LogP) is 8.24. The Labute approximate surface area is 181 Å². The van der Waals surface area contributed by atoms with Gasteiger partial charge in [-0.05, 0) is 63.7 Å². The van der Waals surface area contributed by atoms with Gasteiger partial charge in [0.15, 0.2) is 0 Å². The van der Waals surface area contributed by atoms with E-state index in [0.29, 0.717) is 0 Å². The third-order valence-electron chi connectivity index (χ3n) is 5.85. The second-order valence-electron chi connectivity index (χ2n) is 7.14. The third kappa shape index (κ3) is 3.39. The average molecular weight is 397 g/mol. The van der Waals surface area contributed by atoms with Crippen molar-refractivity contribution in [2.45, 2.75) is 40.0 Å². The van der Waals surface area contributed by atoms with Crippen molar-refractivity contribution in [3.8, 4) is 16.9 Å². The van der Waals surface area contributed by atoms with Gasteiger partial charge in [-0.1, -0.05) is 94.4 Å². The third-order valence-corrected chi connectivity index (χ3v) is 5.85. The van der Waals surface area contributed by atoms with Crippen LogP contribution in [0.4, 0.5) is 0 Å². The molecule has 0 unspecified atom stereocenters. The zero-order valence-electron chi connectivity index (χ0n) is 19.0. The number of benzene rings is 4. The molecule has 30 heavy (non-hydrogen) atoms. The lowest BCUT2D eigenvalue weighted by Crippen LogP contribution is -2.22. The van der Waals surface area contributed by atoms with Crippen LogP contribution in [-0.2, 0) is 5.41 Å². The minimum atomic E-state index is -0.138. The molecule has 0 heterocycles. The zero-order chi connectivity index (χ0) is 21.7. The van der Waals surface area contributed by atoms with Crippen molar-refractivity contribution in [2.24, 2.45) is 0 Å². The van der Waals surface area contributed by atoms with E-state index in [1.165, 1.54) is 38.6 Å². The Morgan fingerprint density at radius 2 is 1.10 bits per heavy atom. The SMILES string of the molecule is CC.CC.COc1ccc2cc(C3(C)c4ccccc4-c4ccccc43)ccc2c1. The second kappa shape index (κ2) is 9.17. The van der Waals surface area contributed by atoms with E-state index >= 15 is 0 Å². The van der Waals surface area contributed by atoms with Crippen LogP contribution in [0.3, 0.4) is 0 Å². The molecular weight excluding hydrogens is 364 g/mol. The maximum absolute atomic E-state index is 5.37. The maximum atomic E-state index is 5.37. The molecule has 1 nitrogen and oxygen atoms in total. The Hall–Kier alpha value is -3.06. The van der Waals surface area contributed by atoms with E-state index in [-0.39, 0.29) is 5.41 Å². The number of methoxy groups -OCH3 is 1. The first-order valence-electron chi connectivity index (χ1n) is 11.0. The molecule has 1 heteroatoms. The molecule has 0 fully saturated rings. The molecule has 1 aliphatic rings. The summed E-state index contributed by atoms with van der Waals surface area (Å²) in [5.74, 6) is 0.896. The van der Waals surface area contributed by atoms with Gasteiger partial charge in [-0.15, -0.1) is 0 Å². The Kier molecular flexibility index (Phi) is 6.62. The number of ether oxygens (including phenoxy) is 1. The van der Waals surface area contributed by atoms with E-state index in [9.17, 15) is 0 Å². The largest absolute Gasteiger partial charge is 0.497 e. The topological polar surface area (TPSA) is 9.23 Å². The van der Waals surface area contributed by atoms with Crippen LogP contribution in [-0.4, -0.2) is 7.11 Å². The van der Waals surface area contributed by atoms with Crippen LogP contribution in [0, 0.1) is 0 Å². The minimum absolute atomic E-state index is 0.138. The Bertz CT molecular complexity index is 1090. The summed E-state index contributed by atoms with van der Waals surface area (Å²) in [6.45, 7) is 10.3. The molecule has 0 spiro atoms. The van der Waals surface area contributed by atoms with Gasteiger partial charge in [0.05, 0.1) is 7.11 Å². The normalized spacial score (nSPS) is 12.6. The first-order chi connectivity index (χ1) is 14.7. The first-order valence-corrected chi connectivity index (χ1v) is 11.0. The quantitative estimate of drug-likeness (QED) is 0.331. The lowest BCUT2D eigenvalue weighted by Gasteiger charge is -2.28. The van der Waals surface area contributed by atoms with Gasteiger partial charge < -0.3 is 4.74 Å². The van der Waals surface area contributed by atoms with Crippen molar-refractivity contribution in [3.05, 3.63) is 102 Å². The molecule has 0 radical (unpaired) electrons. The van der Waals surface area contributed by atoms with Gasteiger partial charge in [-0.2, -0.15) is 0 Å². The van der Waals surface area contributed by atoms with Crippen molar-refractivity contribution in [1.82, 2.24) is 0 Å². The predicted molar refractivity (Wildman–Crippen MR) is 131 cm³/mol. The van der Waals surface area contributed by atoms with Crippen LogP contribution in [0.5, 0.6) is 5.75 Å². The van der Waals surface area contributed by atoms with Crippen LogP contribution in [0.15, 0.2) is 84.9 Å². The average Bonchev–Trinajstić information content (AvgIpc) is 3.11. The summed E-state index contributed by atoms with van der Waals surface area (Å²) in [5, 5.41) is 2.45. The van der Waals surface area contributed by atoms with Crippen LogP contribution < -0.4 is 4.74 Å². The van der Waals surface area contributed by atoms with E-state index in [4.69, 9.17) is 4.74 Å². The monoisotopic (exact) mass is 396 g/mol. The Morgan fingerprint density at radius 3 is 1.67 bits per heavy atom. The summed E-state index contributed by atoms with van der Waals surface area (Å²) in [5.41, 5.74) is 6.65. The maximum Gasteiger partial charge on any atom is 0.119 e. The highest BCUT2D eigenvalue weighted by Gasteiger charge is 2.40. The summed E-state index contributed by atoms with van der Waals surface area (Å²) in [7, 11) is 1.71. The molecule has 0 amide bonds. The van der Waals surface area contributed by atoms with E-state index in [1.54, 1.807) is 7.11 Å². The summed E-state index contributed by atoms with van der Waals surface area (Å²) >= 11 is 0. The van der Waals surface area contributed by atoms with E-state index in [1.807, 2.05) is 33.8 Å². The Balaban J connectivity index is 0.000000606. The highest BCUT2D eigenvalue weighted by Crippen LogP contribution is 2.52. The fourth-order valence-corrected chi connectivity index (χ4v) is 4.43. The van der Waals surface area contributed by atoms with E-state index in [2.05, 4.69) is 85.8 Å². The molecule has 0 N–H and O–H groups in total. The molecule has 0 saturated heterocycles. The van der Waals surface area contributed by atoms with Crippen LogP contribution in [0.25, 0.3) is 21.9 Å². The Morgan fingerprint density at radius 1 is 0.600 bits per heavy atom. The van der Waals surface area contributed by atoms with Gasteiger partial charge in [0.25, 0.3) is 0 Å². The van der Waals surface area contributed by atoms with Crippen LogP contribution in [0.1, 0.15) is 51.3 Å². The van der Waals surface area contributed by atoms with E-state index < -0.39 is 0 Å². The molecule has 0 atom stereocenters. The smallest absolute Gasteiger partial charge is 0.119 e. The van der Waals surface area contributed by atoms with Gasteiger partial charge in [0.1, 0.15) is 5.75 Å². The molecule has 4 aromatic carbocycles. The van der Waals surface area contributed by atoms with E-state index in [0.717, 1.165) is 5.75 Å². The molecule has 154 valence electrons.